The third-order valence-corrected chi connectivity index (χ3v) is 2.45. The molecule has 2 unspecified atom stereocenters. The zero-order valence-electron chi connectivity index (χ0n) is 10.0. The van der Waals surface area contributed by atoms with Gasteiger partial charge < -0.3 is 15.2 Å². The number of hydrogen-bond acceptors (Lipinski definition) is 3. The Morgan fingerprint density at radius 3 is 2.62 bits per heavy atom. The van der Waals surface area contributed by atoms with Gasteiger partial charge in [0.15, 0.2) is 0 Å². The van der Waals surface area contributed by atoms with Crippen molar-refractivity contribution in [2.45, 2.75) is 25.5 Å². The van der Waals surface area contributed by atoms with Crippen LogP contribution in [0.4, 0.5) is 0 Å². The van der Waals surface area contributed by atoms with Gasteiger partial charge in [-0.05, 0) is 18.9 Å². The van der Waals surface area contributed by atoms with Crippen molar-refractivity contribution in [1.29, 1.82) is 0 Å². The van der Waals surface area contributed by atoms with E-state index in [0.29, 0.717) is 19.2 Å². The molecule has 0 aliphatic rings. The van der Waals surface area contributed by atoms with Crippen molar-refractivity contribution in [1.82, 2.24) is 5.32 Å². The highest BCUT2D eigenvalue weighted by Gasteiger charge is 2.06. The van der Waals surface area contributed by atoms with Crippen LogP contribution in [-0.4, -0.2) is 37.5 Å². The summed E-state index contributed by atoms with van der Waals surface area (Å²) in [5.41, 5.74) is 1.31. The average molecular weight is 223 g/mol. The Morgan fingerprint density at radius 2 is 2.00 bits per heavy atom. The molecule has 1 rings (SSSR count). The third-order valence-electron chi connectivity index (χ3n) is 2.45. The first-order valence-corrected chi connectivity index (χ1v) is 5.66. The number of nitrogens with one attached hydrogen (secondary N) is 1. The van der Waals surface area contributed by atoms with Gasteiger partial charge in [0.05, 0.1) is 12.7 Å². The number of methoxy groups -OCH3 is 1. The Morgan fingerprint density at radius 1 is 1.31 bits per heavy atom. The van der Waals surface area contributed by atoms with Crippen LogP contribution in [-0.2, 0) is 11.2 Å². The molecule has 90 valence electrons. The second-order valence-electron chi connectivity index (χ2n) is 4.11. The highest BCUT2D eigenvalue weighted by atomic mass is 16.5. The van der Waals surface area contributed by atoms with E-state index in [9.17, 15) is 5.11 Å². The zero-order chi connectivity index (χ0) is 11.8. The molecule has 0 amide bonds. The van der Waals surface area contributed by atoms with Crippen molar-refractivity contribution in [3.05, 3.63) is 35.9 Å². The van der Waals surface area contributed by atoms with E-state index >= 15 is 0 Å². The van der Waals surface area contributed by atoms with Gasteiger partial charge in [-0.3, -0.25) is 0 Å². The lowest BCUT2D eigenvalue weighted by molar-refractivity contribution is 0.0631. The van der Waals surface area contributed by atoms with Crippen LogP contribution in [0.1, 0.15) is 12.5 Å². The summed E-state index contributed by atoms with van der Waals surface area (Å²) in [5.74, 6) is 0. The molecular weight excluding hydrogens is 202 g/mol. The predicted octanol–water partition coefficient (Wildman–Crippen LogP) is 1.21. The number of aliphatic hydroxyl groups is 1. The van der Waals surface area contributed by atoms with Crippen molar-refractivity contribution in [2.24, 2.45) is 0 Å². The minimum absolute atomic E-state index is 0.355. The summed E-state index contributed by atoms with van der Waals surface area (Å²) in [5, 5.41) is 12.8. The molecule has 1 aromatic carbocycles. The number of aliphatic hydroxyl groups excluding tert-OH is 1. The lowest BCUT2D eigenvalue weighted by atomic mass is 10.1. The van der Waals surface area contributed by atoms with E-state index in [0.717, 1.165) is 6.42 Å². The predicted molar refractivity (Wildman–Crippen MR) is 65.5 cm³/mol. The quantitative estimate of drug-likeness (QED) is 0.730. The van der Waals surface area contributed by atoms with Crippen molar-refractivity contribution in [2.75, 3.05) is 20.3 Å². The van der Waals surface area contributed by atoms with Crippen molar-refractivity contribution in [3.63, 3.8) is 0 Å². The van der Waals surface area contributed by atoms with Gasteiger partial charge in [0.25, 0.3) is 0 Å². The SMILES string of the molecule is COCC(O)CNC(C)Cc1ccccc1. The topological polar surface area (TPSA) is 41.5 Å². The maximum atomic E-state index is 9.48. The molecule has 0 aromatic heterocycles. The summed E-state index contributed by atoms with van der Waals surface area (Å²) in [6.07, 6.45) is 0.545. The van der Waals surface area contributed by atoms with Gasteiger partial charge in [0.1, 0.15) is 0 Å². The van der Waals surface area contributed by atoms with Crippen LogP contribution < -0.4 is 5.32 Å². The smallest absolute Gasteiger partial charge is 0.0897 e. The molecule has 2 N–H and O–H groups in total. The highest BCUT2D eigenvalue weighted by molar-refractivity contribution is 5.15. The van der Waals surface area contributed by atoms with Gasteiger partial charge >= 0.3 is 0 Å². The molecule has 0 aliphatic heterocycles. The normalized spacial score (nSPS) is 14.7. The van der Waals surface area contributed by atoms with E-state index in [-0.39, 0.29) is 0 Å². The molecule has 0 radical (unpaired) electrons. The maximum absolute atomic E-state index is 9.48. The first-order valence-electron chi connectivity index (χ1n) is 5.66. The molecule has 16 heavy (non-hydrogen) atoms. The standard InChI is InChI=1S/C13H21NO2/c1-11(14-9-13(15)10-16-2)8-12-6-4-3-5-7-12/h3-7,11,13-15H,8-10H2,1-2H3. The first kappa shape index (κ1) is 13.2. The van der Waals surface area contributed by atoms with E-state index in [1.54, 1.807) is 7.11 Å². The van der Waals surface area contributed by atoms with Crippen LogP contribution in [0.2, 0.25) is 0 Å². The second kappa shape index (κ2) is 7.39. The molecule has 2 atom stereocenters. The third kappa shape index (κ3) is 5.26. The number of rotatable bonds is 7. The van der Waals surface area contributed by atoms with Gasteiger partial charge in [-0.2, -0.15) is 0 Å². The summed E-state index contributed by atoms with van der Waals surface area (Å²) in [6, 6.07) is 10.7. The van der Waals surface area contributed by atoms with E-state index in [1.807, 2.05) is 18.2 Å². The summed E-state index contributed by atoms with van der Waals surface area (Å²) in [7, 11) is 1.59. The van der Waals surface area contributed by atoms with Gasteiger partial charge in [-0.25, -0.2) is 0 Å². The Bertz CT molecular complexity index is 277. The molecule has 1 aromatic rings. The molecule has 3 nitrogen and oxygen atoms in total. The number of hydrogen-bond donors (Lipinski definition) is 2. The molecule has 0 aliphatic carbocycles. The Balaban J connectivity index is 2.23. The van der Waals surface area contributed by atoms with Crippen LogP contribution in [0.25, 0.3) is 0 Å². The van der Waals surface area contributed by atoms with Crippen LogP contribution in [0.3, 0.4) is 0 Å². The van der Waals surface area contributed by atoms with E-state index in [1.165, 1.54) is 5.56 Å². The first-order chi connectivity index (χ1) is 7.72. The molecular formula is C13H21NO2. The van der Waals surface area contributed by atoms with E-state index in [2.05, 4.69) is 24.4 Å². The van der Waals surface area contributed by atoms with Crippen LogP contribution in [0.15, 0.2) is 30.3 Å². The molecule has 0 saturated heterocycles. The Hall–Kier alpha value is -0.900. The number of ether oxygens (including phenoxy) is 1. The molecule has 3 heteroatoms. The molecule has 0 spiro atoms. The molecule has 0 saturated carbocycles. The van der Waals surface area contributed by atoms with Gasteiger partial charge in [-0.1, -0.05) is 30.3 Å². The van der Waals surface area contributed by atoms with Gasteiger partial charge in [-0.15, -0.1) is 0 Å². The van der Waals surface area contributed by atoms with Crippen molar-refractivity contribution in [3.8, 4) is 0 Å². The molecule has 0 heterocycles. The van der Waals surface area contributed by atoms with Crippen molar-refractivity contribution >= 4 is 0 Å². The minimum Gasteiger partial charge on any atom is -0.389 e. The zero-order valence-corrected chi connectivity index (χ0v) is 10.0. The average Bonchev–Trinajstić information content (AvgIpc) is 2.28. The van der Waals surface area contributed by atoms with Crippen LogP contribution >= 0.6 is 0 Å². The minimum atomic E-state index is -0.428. The lowest BCUT2D eigenvalue weighted by Crippen LogP contribution is -2.36. The Kier molecular flexibility index (Phi) is 6.08. The Labute approximate surface area is 97.4 Å². The highest BCUT2D eigenvalue weighted by Crippen LogP contribution is 2.02. The largest absolute Gasteiger partial charge is 0.389 e. The summed E-state index contributed by atoms with van der Waals surface area (Å²) >= 11 is 0. The molecule has 0 fully saturated rings. The van der Waals surface area contributed by atoms with E-state index < -0.39 is 6.10 Å². The molecule has 0 bridgehead atoms. The number of benzene rings is 1. The van der Waals surface area contributed by atoms with E-state index in [4.69, 9.17) is 4.74 Å². The summed E-state index contributed by atoms with van der Waals surface area (Å²) in [4.78, 5) is 0. The van der Waals surface area contributed by atoms with Crippen LogP contribution in [0.5, 0.6) is 0 Å². The fraction of sp³-hybridized carbons (Fsp3) is 0.538. The second-order valence-corrected chi connectivity index (χ2v) is 4.11. The summed E-state index contributed by atoms with van der Waals surface area (Å²) in [6.45, 7) is 3.07. The van der Waals surface area contributed by atoms with Gasteiger partial charge in [0, 0.05) is 19.7 Å². The maximum Gasteiger partial charge on any atom is 0.0897 e. The monoisotopic (exact) mass is 223 g/mol. The fourth-order valence-electron chi connectivity index (χ4n) is 1.63. The summed E-state index contributed by atoms with van der Waals surface area (Å²) < 4.78 is 4.86. The lowest BCUT2D eigenvalue weighted by Gasteiger charge is -2.16. The van der Waals surface area contributed by atoms with Gasteiger partial charge in [0.2, 0.25) is 0 Å². The van der Waals surface area contributed by atoms with Crippen LogP contribution in [0, 0.1) is 0 Å². The fourth-order valence-corrected chi connectivity index (χ4v) is 1.63. The van der Waals surface area contributed by atoms with Crippen molar-refractivity contribution < 1.29 is 9.84 Å².